The predicted octanol–water partition coefficient (Wildman–Crippen LogP) is -1.12. The van der Waals surface area contributed by atoms with Crippen LogP contribution < -0.4 is 5.73 Å². The van der Waals surface area contributed by atoms with Crippen LogP contribution in [0.5, 0.6) is 0 Å². The second kappa shape index (κ2) is 9.34. The Labute approximate surface area is 189 Å². The average molecular weight is 545 g/mol. The molecule has 0 spiro atoms. The highest BCUT2D eigenvalue weighted by atomic mass is 31.3. The number of aromatic nitrogens is 3. The number of nitriles is 1. The van der Waals surface area contributed by atoms with Crippen LogP contribution in [0.15, 0.2) is 18.5 Å². The van der Waals surface area contributed by atoms with Crippen molar-refractivity contribution in [3.05, 3.63) is 24.2 Å². The minimum atomic E-state index is -5.70. The van der Waals surface area contributed by atoms with Crippen LogP contribution in [0.1, 0.15) is 12.1 Å². The molecule has 18 nitrogen and oxygen atoms in total. The molecule has 0 aromatic carbocycles. The molecule has 0 radical (unpaired) electrons. The van der Waals surface area contributed by atoms with Crippen molar-refractivity contribution in [2.75, 3.05) is 12.3 Å². The first-order chi connectivity index (χ1) is 15.6. The summed E-state index contributed by atoms with van der Waals surface area (Å²) in [7, 11) is -16.6. The summed E-state index contributed by atoms with van der Waals surface area (Å²) in [5, 5.41) is 34.7. The van der Waals surface area contributed by atoms with Gasteiger partial charge in [-0.2, -0.15) is 19.0 Å². The third-order valence-corrected chi connectivity index (χ3v) is 8.40. The van der Waals surface area contributed by atoms with E-state index in [1.807, 2.05) is 0 Å². The Morgan fingerprint density at radius 1 is 1.18 bits per heavy atom. The van der Waals surface area contributed by atoms with Gasteiger partial charge in [-0.1, -0.05) is 0 Å². The Hall–Kier alpha value is -1.80. The second-order valence-corrected chi connectivity index (χ2v) is 11.2. The van der Waals surface area contributed by atoms with Gasteiger partial charge in [-0.3, -0.25) is 4.52 Å². The molecule has 2 aromatic rings. The zero-order valence-corrected chi connectivity index (χ0v) is 19.3. The molecule has 0 aliphatic carbocycles. The Morgan fingerprint density at radius 3 is 2.47 bits per heavy atom. The number of nitrogens with two attached hydrogens (primary N) is 1. The quantitative estimate of drug-likeness (QED) is 0.184. The fraction of sp³-hybridized carbons (Fsp3) is 0.462. The van der Waals surface area contributed by atoms with Gasteiger partial charge in [0.15, 0.2) is 5.82 Å². The summed E-state index contributed by atoms with van der Waals surface area (Å²) >= 11 is 0. The second-order valence-electron chi connectivity index (χ2n) is 6.81. The molecule has 3 heterocycles. The Morgan fingerprint density at radius 2 is 1.85 bits per heavy atom. The molecule has 2 aromatic heterocycles. The van der Waals surface area contributed by atoms with E-state index in [4.69, 9.17) is 25.2 Å². The molecule has 1 saturated heterocycles. The molecule has 0 amide bonds. The van der Waals surface area contributed by atoms with Crippen LogP contribution in [0.4, 0.5) is 5.82 Å². The maximum atomic E-state index is 11.8. The number of phosphoric acid groups is 3. The summed E-state index contributed by atoms with van der Waals surface area (Å²) in [6.45, 7) is -0.802. The molecule has 0 bridgehead atoms. The number of hydrogen-bond acceptors (Lipinski definition) is 13. The lowest BCUT2D eigenvalue weighted by Gasteiger charge is -2.24. The number of aliphatic hydroxyl groups is 2. The number of aliphatic hydroxyl groups excluding tert-OH is 2. The number of phosphoric ester groups is 1. The number of anilines is 1. The number of fused-ring (bicyclic) bond motifs is 1. The molecular weight excluding hydrogens is 527 g/mol. The van der Waals surface area contributed by atoms with Gasteiger partial charge in [0.1, 0.15) is 30.1 Å². The molecule has 1 aliphatic rings. The summed E-state index contributed by atoms with van der Waals surface area (Å²) in [4.78, 5) is 39.4. The van der Waals surface area contributed by atoms with E-state index in [9.17, 15) is 34.1 Å². The number of ether oxygens (including phenoxy) is 1. The first-order valence-corrected chi connectivity index (χ1v) is 13.5. The smallest absolute Gasteiger partial charge is 0.388 e. The molecule has 1 fully saturated rings. The molecule has 188 valence electrons. The van der Waals surface area contributed by atoms with E-state index < -0.39 is 60.4 Å². The summed E-state index contributed by atoms with van der Waals surface area (Å²) in [6.07, 6.45) is -4.23. The van der Waals surface area contributed by atoms with Gasteiger partial charge in [0.25, 0.3) is 0 Å². The fourth-order valence-corrected chi connectivity index (χ4v) is 6.27. The third-order valence-electron chi connectivity index (χ3n) is 4.56. The maximum Gasteiger partial charge on any atom is 0.490 e. The minimum absolute atomic E-state index is 0.000959. The van der Waals surface area contributed by atoms with E-state index in [0.29, 0.717) is 0 Å². The molecular formula is C13H18N5O13P3. The minimum Gasteiger partial charge on any atom is -0.388 e. The summed E-state index contributed by atoms with van der Waals surface area (Å²) < 4.78 is 52.1. The molecule has 34 heavy (non-hydrogen) atoms. The summed E-state index contributed by atoms with van der Waals surface area (Å²) in [5.41, 5.74) is 3.89. The zero-order chi connectivity index (χ0) is 25.5. The summed E-state index contributed by atoms with van der Waals surface area (Å²) in [5.74, 6) is 0.0647. The van der Waals surface area contributed by atoms with Gasteiger partial charge < -0.3 is 40.3 Å². The Bertz CT molecular complexity index is 1260. The molecule has 21 heteroatoms. The third kappa shape index (κ3) is 5.54. The van der Waals surface area contributed by atoms with Crippen molar-refractivity contribution in [1.82, 2.24) is 14.6 Å². The van der Waals surface area contributed by atoms with E-state index in [1.54, 1.807) is 6.07 Å². The first-order valence-electron chi connectivity index (χ1n) is 8.93. The van der Waals surface area contributed by atoms with Crippen LogP contribution in [0.3, 0.4) is 0 Å². The molecule has 0 saturated carbocycles. The lowest BCUT2D eigenvalue weighted by Crippen LogP contribution is -2.40. The number of hydrogen-bond donors (Lipinski definition) is 7. The van der Waals surface area contributed by atoms with E-state index in [1.165, 1.54) is 16.6 Å². The van der Waals surface area contributed by atoms with Crippen LogP contribution in [-0.2, 0) is 37.2 Å². The van der Waals surface area contributed by atoms with Gasteiger partial charge >= 0.3 is 23.5 Å². The van der Waals surface area contributed by atoms with Crippen LogP contribution >= 0.6 is 23.5 Å². The van der Waals surface area contributed by atoms with Crippen molar-refractivity contribution in [3.63, 3.8) is 0 Å². The van der Waals surface area contributed by atoms with E-state index in [-0.39, 0.29) is 17.0 Å². The van der Waals surface area contributed by atoms with Crippen molar-refractivity contribution >= 4 is 34.8 Å². The summed E-state index contributed by atoms with van der Waals surface area (Å²) in [6, 6.07) is 4.60. The van der Waals surface area contributed by atoms with E-state index in [0.717, 1.165) is 6.33 Å². The largest absolute Gasteiger partial charge is 0.490 e. The molecule has 3 rings (SSSR count). The van der Waals surface area contributed by atoms with Crippen LogP contribution in [-0.4, -0.2) is 69.3 Å². The van der Waals surface area contributed by atoms with Crippen molar-refractivity contribution < 1.29 is 61.4 Å². The van der Waals surface area contributed by atoms with E-state index in [2.05, 4.69) is 23.2 Å². The maximum absolute atomic E-state index is 11.8. The van der Waals surface area contributed by atoms with Crippen molar-refractivity contribution in [2.24, 2.45) is 0 Å². The number of nitrogens with zero attached hydrogens (tertiary/aromatic N) is 4. The highest BCUT2D eigenvalue weighted by Gasteiger charge is 2.57. The van der Waals surface area contributed by atoms with Crippen molar-refractivity contribution in [2.45, 2.75) is 30.3 Å². The van der Waals surface area contributed by atoms with Gasteiger partial charge in [-0.15, -0.1) is 0 Å². The first kappa shape index (κ1) is 26.8. The number of rotatable bonds is 9. The Balaban J connectivity index is 1.72. The lowest BCUT2D eigenvalue weighted by molar-refractivity contribution is -0.0551. The predicted molar refractivity (Wildman–Crippen MR) is 106 cm³/mol. The Kier molecular flexibility index (Phi) is 7.36. The van der Waals surface area contributed by atoms with Crippen LogP contribution in [0, 0.1) is 11.3 Å². The lowest BCUT2D eigenvalue weighted by atomic mass is 9.92. The highest BCUT2D eigenvalue weighted by Crippen LogP contribution is 2.66. The highest BCUT2D eigenvalue weighted by molar-refractivity contribution is 7.66. The van der Waals surface area contributed by atoms with Gasteiger partial charge in [0, 0.05) is 6.42 Å². The topological polar surface area (TPSA) is 290 Å². The van der Waals surface area contributed by atoms with Gasteiger partial charge in [-0.25, -0.2) is 23.2 Å². The average Bonchev–Trinajstić information content (AvgIpc) is 3.21. The molecule has 1 aliphatic heterocycles. The monoisotopic (exact) mass is 545 g/mol. The van der Waals surface area contributed by atoms with Crippen LogP contribution in [0.2, 0.25) is 0 Å². The molecule has 8 N–H and O–H groups in total. The standard InChI is InChI=1S/C13H18N5O13P3/c14-5-13(9-2-1-7-12(15)16-6-17-18(7)9)11(20)10(19)8(29-13)3-4-28-33(24,25)31-34(26,27)30-32(21,22)23/h1-2,6,8,10-11,19-20H,3-4H2,(H,24,25)(H,26,27)(H2,15,16,17)(H2,21,22,23)/t8-,10-,11-,13+/m1/s1. The SMILES string of the molecule is N#C[C@@]1(c2ccc3c(N)ncnn23)O[C@H](CCOP(=O)(O)OP(=O)(O)OP(=O)(O)O)[C@@H](O)[C@H]1O. The van der Waals surface area contributed by atoms with Gasteiger partial charge in [-0.05, 0) is 12.1 Å². The van der Waals surface area contributed by atoms with E-state index >= 15 is 0 Å². The number of nitrogen functional groups attached to an aromatic ring is 1. The zero-order valence-electron chi connectivity index (χ0n) is 16.6. The van der Waals surface area contributed by atoms with Crippen molar-refractivity contribution in [1.29, 1.82) is 5.26 Å². The van der Waals surface area contributed by atoms with Gasteiger partial charge in [0.2, 0.25) is 5.60 Å². The molecule has 2 unspecified atom stereocenters. The van der Waals surface area contributed by atoms with Crippen molar-refractivity contribution in [3.8, 4) is 6.07 Å². The van der Waals surface area contributed by atoms with Gasteiger partial charge in [0.05, 0.1) is 18.4 Å². The van der Waals surface area contributed by atoms with Crippen LogP contribution in [0.25, 0.3) is 5.52 Å². The molecule has 6 atom stereocenters. The normalized spacial score (nSPS) is 28.9. The fourth-order valence-electron chi connectivity index (χ4n) is 3.23.